The fourth-order valence-corrected chi connectivity index (χ4v) is 1.97. The van der Waals surface area contributed by atoms with Gasteiger partial charge in [0.25, 0.3) is 5.91 Å². The number of hydrogen-bond acceptors (Lipinski definition) is 4. The lowest BCUT2D eigenvalue weighted by Crippen LogP contribution is -2.50. The van der Waals surface area contributed by atoms with Crippen molar-refractivity contribution in [2.24, 2.45) is 0 Å². The summed E-state index contributed by atoms with van der Waals surface area (Å²) in [7, 11) is 0. The first-order valence-corrected chi connectivity index (χ1v) is 5.83. The van der Waals surface area contributed by atoms with Gasteiger partial charge >= 0.3 is 0 Å². The van der Waals surface area contributed by atoms with Crippen molar-refractivity contribution in [3.8, 4) is 0 Å². The van der Waals surface area contributed by atoms with Crippen molar-refractivity contribution in [1.29, 1.82) is 0 Å². The Labute approximate surface area is 105 Å². The molecule has 6 nitrogen and oxygen atoms in total. The highest BCUT2D eigenvalue weighted by Gasteiger charge is 2.20. The number of pyridine rings is 1. The predicted octanol–water partition coefficient (Wildman–Crippen LogP) is -0.381. The molecule has 1 aliphatic heterocycles. The van der Waals surface area contributed by atoms with Crippen molar-refractivity contribution in [3.05, 3.63) is 30.1 Å². The van der Waals surface area contributed by atoms with E-state index in [2.05, 4.69) is 10.3 Å². The molecule has 0 spiro atoms. The Morgan fingerprint density at radius 2 is 2.11 bits per heavy atom. The van der Waals surface area contributed by atoms with Crippen molar-refractivity contribution in [3.63, 3.8) is 0 Å². The molecule has 18 heavy (non-hydrogen) atoms. The molecule has 96 valence electrons. The standard InChI is InChI=1S/C12H15N3O3/c16-11(9-2-1-5-13-8-9)14-10-3-6-15(7-4-10)12(17)18/h1-2,5,8,10H,3-4,6-7H2,(H,14,16)(H,17,18)/p-1. The Hall–Kier alpha value is -2.11. The molecule has 0 unspecified atom stereocenters. The Balaban J connectivity index is 1.85. The van der Waals surface area contributed by atoms with E-state index in [1.165, 1.54) is 11.1 Å². The van der Waals surface area contributed by atoms with E-state index in [1.807, 2.05) is 0 Å². The molecule has 0 aromatic carbocycles. The minimum absolute atomic E-state index is 0.00769. The molecule has 1 aromatic heterocycles. The summed E-state index contributed by atoms with van der Waals surface area (Å²) >= 11 is 0. The van der Waals surface area contributed by atoms with Gasteiger partial charge in [-0.1, -0.05) is 0 Å². The maximum atomic E-state index is 11.8. The van der Waals surface area contributed by atoms with Gasteiger partial charge in [0.1, 0.15) is 6.09 Å². The number of nitrogens with one attached hydrogen (secondary N) is 1. The molecule has 0 radical (unpaired) electrons. The number of piperidine rings is 1. The normalized spacial score (nSPS) is 16.3. The second-order valence-electron chi connectivity index (χ2n) is 4.24. The van der Waals surface area contributed by atoms with Crippen molar-refractivity contribution in [1.82, 2.24) is 15.2 Å². The maximum Gasteiger partial charge on any atom is 0.253 e. The molecule has 2 rings (SSSR count). The van der Waals surface area contributed by atoms with Crippen LogP contribution in [0.3, 0.4) is 0 Å². The molecule has 2 amide bonds. The molecule has 0 bridgehead atoms. The highest BCUT2D eigenvalue weighted by molar-refractivity contribution is 5.94. The first-order valence-electron chi connectivity index (χ1n) is 5.83. The number of carbonyl (C=O) groups excluding carboxylic acids is 2. The molecule has 2 heterocycles. The quantitative estimate of drug-likeness (QED) is 0.773. The number of likely N-dealkylation sites (tertiary alicyclic amines) is 1. The Kier molecular flexibility index (Phi) is 3.76. The Morgan fingerprint density at radius 1 is 1.39 bits per heavy atom. The van der Waals surface area contributed by atoms with Crippen molar-refractivity contribution < 1.29 is 14.7 Å². The van der Waals surface area contributed by atoms with Gasteiger partial charge in [0.2, 0.25) is 0 Å². The Bertz CT molecular complexity index is 427. The second kappa shape index (κ2) is 5.48. The van der Waals surface area contributed by atoms with Crippen LogP contribution >= 0.6 is 0 Å². The van der Waals surface area contributed by atoms with Crippen molar-refractivity contribution in [2.75, 3.05) is 13.1 Å². The summed E-state index contributed by atoms with van der Waals surface area (Å²) in [5.41, 5.74) is 0.514. The second-order valence-corrected chi connectivity index (χ2v) is 4.24. The van der Waals surface area contributed by atoms with Crippen LogP contribution in [0.25, 0.3) is 0 Å². The van der Waals surface area contributed by atoms with Gasteiger partial charge in [-0.15, -0.1) is 0 Å². The van der Waals surface area contributed by atoms with Crippen LogP contribution in [0.1, 0.15) is 23.2 Å². The molecule has 1 aromatic rings. The van der Waals surface area contributed by atoms with Crippen molar-refractivity contribution in [2.45, 2.75) is 18.9 Å². The van der Waals surface area contributed by atoms with E-state index in [1.54, 1.807) is 18.3 Å². The summed E-state index contributed by atoms with van der Waals surface area (Å²) in [6, 6.07) is 3.40. The van der Waals surface area contributed by atoms with E-state index in [9.17, 15) is 14.7 Å². The molecule has 1 aliphatic rings. The fraction of sp³-hybridized carbons (Fsp3) is 0.417. The van der Waals surface area contributed by atoms with Gasteiger partial charge in [-0.05, 0) is 25.0 Å². The zero-order valence-corrected chi connectivity index (χ0v) is 9.83. The number of rotatable bonds is 2. The first-order chi connectivity index (χ1) is 8.66. The molecule has 0 saturated carbocycles. The smallest absolute Gasteiger partial charge is 0.253 e. The molecule has 0 atom stereocenters. The largest absolute Gasteiger partial charge is 0.530 e. The van der Waals surface area contributed by atoms with E-state index < -0.39 is 6.09 Å². The zero-order chi connectivity index (χ0) is 13.0. The third kappa shape index (κ3) is 2.97. The number of aromatic nitrogens is 1. The minimum Gasteiger partial charge on any atom is -0.530 e. The van der Waals surface area contributed by atoms with Crippen LogP contribution in [0.2, 0.25) is 0 Å². The molecular formula is C12H14N3O3-. The molecule has 1 saturated heterocycles. The molecule has 6 heteroatoms. The maximum absolute atomic E-state index is 11.8. The van der Waals surface area contributed by atoms with Crippen molar-refractivity contribution >= 4 is 12.0 Å². The summed E-state index contributed by atoms with van der Waals surface area (Å²) in [6.45, 7) is 0.806. The van der Waals surface area contributed by atoms with Gasteiger partial charge in [0, 0.05) is 31.5 Å². The van der Waals surface area contributed by atoms with Gasteiger partial charge < -0.3 is 20.1 Å². The summed E-state index contributed by atoms with van der Waals surface area (Å²) in [5.74, 6) is -0.171. The van der Waals surface area contributed by atoms with Gasteiger partial charge in [-0.2, -0.15) is 0 Å². The molecule has 1 fully saturated rings. The van der Waals surface area contributed by atoms with Crippen LogP contribution < -0.4 is 10.4 Å². The summed E-state index contributed by atoms with van der Waals surface area (Å²) < 4.78 is 0. The number of carboxylic acid groups (broad SMARTS) is 1. The molecule has 0 aliphatic carbocycles. The van der Waals surface area contributed by atoms with Crippen LogP contribution in [0.4, 0.5) is 4.79 Å². The van der Waals surface area contributed by atoms with Crippen LogP contribution in [0, 0.1) is 0 Å². The SMILES string of the molecule is O=C(NC1CCN(C(=O)[O-])CC1)c1cccnc1. The minimum atomic E-state index is -1.15. The third-order valence-corrected chi connectivity index (χ3v) is 3.01. The highest BCUT2D eigenvalue weighted by Crippen LogP contribution is 2.10. The Morgan fingerprint density at radius 3 is 2.67 bits per heavy atom. The fourth-order valence-electron chi connectivity index (χ4n) is 1.97. The predicted molar refractivity (Wildman–Crippen MR) is 61.7 cm³/mol. The lowest BCUT2D eigenvalue weighted by atomic mass is 10.1. The van der Waals surface area contributed by atoms with Crippen LogP contribution in [0.15, 0.2) is 24.5 Å². The van der Waals surface area contributed by atoms with Gasteiger partial charge in [0.15, 0.2) is 0 Å². The monoisotopic (exact) mass is 248 g/mol. The average molecular weight is 248 g/mol. The average Bonchev–Trinajstić information content (AvgIpc) is 2.40. The zero-order valence-electron chi connectivity index (χ0n) is 9.83. The highest BCUT2D eigenvalue weighted by atomic mass is 16.4. The van der Waals surface area contributed by atoms with Crippen LogP contribution in [-0.4, -0.2) is 41.0 Å². The molecular weight excluding hydrogens is 234 g/mol. The van der Waals surface area contributed by atoms with Gasteiger partial charge in [-0.3, -0.25) is 9.78 Å². The third-order valence-electron chi connectivity index (χ3n) is 3.01. The van der Waals surface area contributed by atoms with E-state index in [0.29, 0.717) is 31.5 Å². The van der Waals surface area contributed by atoms with Crippen LogP contribution in [-0.2, 0) is 0 Å². The number of amides is 2. The summed E-state index contributed by atoms with van der Waals surface area (Å²) in [4.78, 5) is 27.6. The number of hydrogen-bond donors (Lipinski definition) is 1. The number of carbonyl (C=O) groups is 2. The summed E-state index contributed by atoms with van der Waals surface area (Å²) in [6.07, 6.45) is 3.19. The van der Waals surface area contributed by atoms with E-state index in [4.69, 9.17) is 0 Å². The number of nitrogens with zero attached hydrogens (tertiary/aromatic N) is 2. The van der Waals surface area contributed by atoms with E-state index in [0.717, 1.165) is 0 Å². The van der Waals surface area contributed by atoms with Gasteiger partial charge in [-0.25, -0.2) is 0 Å². The van der Waals surface area contributed by atoms with Gasteiger partial charge in [0.05, 0.1) is 5.56 Å². The van der Waals surface area contributed by atoms with E-state index >= 15 is 0 Å². The molecule has 1 N–H and O–H groups in total. The van der Waals surface area contributed by atoms with Crippen LogP contribution in [0.5, 0.6) is 0 Å². The lowest BCUT2D eigenvalue weighted by molar-refractivity contribution is -0.266. The summed E-state index contributed by atoms with van der Waals surface area (Å²) in [5, 5.41) is 13.5. The lowest BCUT2D eigenvalue weighted by Gasteiger charge is -2.33. The topological polar surface area (TPSA) is 85.4 Å². The van der Waals surface area contributed by atoms with E-state index in [-0.39, 0.29) is 11.9 Å². The first kappa shape index (κ1) is 12.3.